The molecule has 1 amide bonds. The van der Waals surface area contributed by atoms with Crippen LogP contribution in [-0.4, -0.2) is 57.7 Å². The zero-order chi connectivity index (χ0) is 19.5. The molecule has 3 N–H and O–H groups in total. The number of benzene rings is 2. The van der Waals surface area contributed by atoms with Crippen LogP contribution in [0, 0.1) is 0 Å². The van der Waals surface area contributed by atoms with E-state index in [4.69, 9.17) is 4.74 Å². The van der Waals surface area contributed by atoms with Crippen LogP contribution in [0.1, 0.15) is 22.3 Å². The molecule has 1 saturated heterocycles. The third-order valence-electron chi connectivity index (χ3n) is 4.98. The molecule has 28 heavy (non-hydrogen) atoms. The summed E-state index contributed by atoms with van der Waals surface area (Å²) in [6, 6.07) is 18.8. The van der Waals surface area contributed by atoms with Crippen LogP contribution in [0.2, 0.25) is 0 Å². The van der Waals surface area contributed by atoms with E-state index in [0.29, 0.717) is 18.7 Å². The van der Waals surface area contributed by atoms with Gasteiger partial charge in [-0.15, -0.1) is 0 Å². The highest BCUT2D eigenvalue weighted by molar-refractivity contribution is 5.94. The third kappa shape index (κ3) is 3.73. The lowest BCUT2D eigenvalue weighted by atomic mass is 10.1. The maximum atomic E-state index is 12.7. The van der Waals surface area contributed by atoms with Crippen LogP contribution in [0.3, 0.4) is 0 Å². The van der Waals surface area contributed by atoms with Crippen molar-refractivity contribution in [3.8, 4) is 0 Å². The van der Waals surface area contributed by atoms with Gasteiger partial charge in [0.25, 0.3) is 5.91 Å². The average molecular weight is 381 g/mol. The summed E-state index contributed by atoms with van der Waals surface area (Å²) < 4.78 is 5.77. The van der Waals surface area contributed by atoms with Crippen LogP contribution < -0.4 is 5.43 Å². The second-order valence-electron chi connectivity index (χ2n) is 6.89. The molecule has 0 spiro atoms. The third-order valence-corrected chi connectivity index (χ3v) is 4.98. The normalized spacial score (nSPS) is 24.4. The van der Waals surface area contributed by atoms with Crippen molar-refractivity contribution in [2.24, 2.45) is 0 Å². The molecule has 0 radical (unpaired) electrons. The Morgan fingerprint density at radius 1 is 1.11 bits per heavy atom. The fourth-order valence-corrected chi connectivity index (χ4v) is 3.48. The summed E-state index contributed by atoms with van der Waals surface area (Å²) in [5, 5.41) is 21.2. The highest BCUT2D eigenvalue weighted by Crippen LogP contribution is 2.31. The van der Waals surface area contributed by atoms with Crippen LogP contribution >= 0.6 is 0 Å². The summed E-state index contributed by atoms with van der Waals surface area (Å²) in [6.07, 6.45) is 0.634. The van der Waals surface area contributed by atoms with Gasteiger partial charge in [-0.1, -0.05) is 48.5 Å². The number of carbonyl (C=O) groups excluding carboxylic acids is 1. The standard InChI is InChI=1S/C21H23N3O4/c25-13-19-18(26)11-20(28-19)23-12-17(15-7-3-1-4-8-15)24(14-23)22-21(27)16-9-5-2-6-10-16/h1-10,12,18-20,25-26H,11,13-14H2,(H,22,27)/t18-,19+,20?/m0/s1. The molecule has 2 aromatic rings. The van der Waals surface area contributed by atoms with E-state index in [0.717, 1.165) is 11.3 Å². The molecule has 7 nitrogen and oxygen atoms in total. The highest BCUT2D eigenvalue weighted by atomic mass is 16.5. The molecule has 2 heterocycles. The van der Waals surface area contributed by atoms with Crippen molar-refractivity contribution in [1.29, 1.82) is 0 Å². The average Bonchev–Trinajstić information content (AvgIpc) is 3.32. The number of carbonyl (C=O) groups is 1. The lowest BCUT2D eigenvalue weighted by Crippen LogP contribution is -2.44. The van der Waals surface area contributed by atoms with E-state index in [1.54, 1.807) is 17.1 Å². The first-order chi connectivity index (χ1) is 13.7. The van der Waals surface area contributed by atoms with Crippen molar-refractivity contribution < 1.29 is 19.7 Å². The minimum Gasteiger partial charge on any atom is -0.394 e. The molecule has 0 bridgehead atoms. The number of amides is 1. The van der Waals surface area contributed by atoms with Crippen molar-refractivity contribution >= 4 is 11.6 Å². The molecule has 2 aromatic carbocycles. The number of aliphatic hydroxyl groups excluding tert-OH is 2. The van der Waals surface area contributed by atoms with E-state index in [-0.39, 0.29) is 18.7 Å². The SMILES string of the molecule is O=C(NN1CN(C2C[C@H](O)[C@@H](CO)O2)C=C1c1ccccc1)c1ccccc1. The summed E-state index contributed by atoms with van der Waals surface area (Å²) in [6.45, 7) is 0.146. The first-order valence-electron chi connectivity index (χ1n) is 9.26. The van der Waals surface area contributed by atoms with Gasteiger partial charge < -0.3 is 19.8 Å². The second kappa shape index (κ2) is 8.02. The van der Waals surface area contributed by atoms with E-state index in [1.165, 1.54) is 0 Å². The van der Waals surface area contributed by atoms with Gasteiger partial charge in [0.05, 0.1) is 18.4 Å². The number of rotatable bonds is 5. The van der Waals surface area contributed by atoms with Crippen LogP contribution in [-0.2, 0) is 4.74 Å². The molecule has 1 fully saturated rings. The van der Waals surface area contributed by atoms with Crippen molar-refractivity contribution in [2.45, 2.75) is 24.9 Å². The topological polar surface area (TPSA) is 85.3 Å². The van der Waals surface area contributed by atoms with Gasteiger partial charge in [-0.05, 0) is 12.1 Å². The minimum absolute atomic E-state index is 0.204. The maximum absolute atomic E-state index is 12.7. The maximum Gasteiger partial charge on any atom is 0.269 e. The Morgan fingerprint density at radius 3 is 2.43 bits per heavy atom. The molecule has 146 valence electrons. The van der Waals surface area contributed by atoms with E-state index in [1.807, 2.05) is 59.6 Å². The Labute approximate surface area is 163 Å². The highest BCUT2D eigenvalue weighted by Gasteiger charge is 2.39. The molecule has 4 rings (SSSR count). The van der Waals surface area contributed by atoms with Gasteiger partial charge >= 0.3 is 0 Å². The monoisotopic (exact) mass is 381 g/mol. The van der Waals surface area contributed by atoms with E-state index < -0.39 is 12.2 Å². The van der Waals surface area contributed by atoms with Crippen LogP contribution in [0.4, 0.5) is 0 Å². The fraction of sp³-hybridized carbons (Fsp3) is 0.286. The molecular weight excluding hydrogens is 358 g/mol. The molecule has 7 heteroatoms. The Balaban J connectivity index is 1.55. The number of hydrogen-bond donors (Lipinski definition) is 3. The quantitative estimate of drug-likeness (QED) is 0.726. The van der Waals surface area contributed by atoms with Gasteiger partial charge in [-0.3, -0.25) is 15.2 Å². The van der Waals surface area contributed by atoms with Crippen LogP contribution in [0.25, 0.3) is 5.70 Å². The molecule has 0 saturated carbocycles. The van der Waals surface area contributed by atoms with Crippen LogP contribution in [0.5, 0.6) is 0 Å². The van der Waals surface area contributed by atoms with Crippen molar-refractivity contribution in [3.63, 3.8) is 0 Å². The first-order valence-corrected chi connectivity index (χ1v) is 9.26. The summed E-state index contributed by atoms with van der Waals surface area (Å²) in [5.41, 5.74) is 5.30. The van der Waals surface area contributed by atoms with Gasteiger partial charge in [0.15, 0.2) is 0 Å². The van der Waals surface area contributed by atoms with Crippen molar-refractivity contribution in [3.05, 3.63) is 78.0 Å². The van der Waals surface area contributed by atoms with Gasteiger partial charge in [-0.25, -0.2) is 0 Å². The van der Waals surface area contributed by atoms with Gasteiger partial charge in [0.2, 0.25) is 0 Å². The smallest absolute Gasteiger partial charge is 0.269 e. The summed E-state index contributed by atoms with van der Waals surface area (Å²) in [4.78, 5) is 14.6. The second-order valence-corrected chi connectivity index (χ2v) is 6.89. The lowest BCUT2D eigenvalue weighted by Gasteiger charge is -2.27. The van der Waals surface area contributed by atoms with Gasteiger partial charge in [0, 0.05) is 23.7 Å². The summed E-state index contributed by atoms with van der Waals surface area (Å²) >= 11 is 0. The molecule has 3 atom stereocenters. The zero-order valence-electron chi connectivity index (χ0n) is 15.3. The molecular formula is C21H23N3O4. The number of nitrogens with zero attached hydrogens (tertiary/aromatic N) is 2. The van der Waals surface area contributed by atoms with Crippen molar-refractivity contribution in [1.82, 2.24) is 15.3 Å². The summed E-state index contributed by atoms with van der Waals surface area (Å²) in [7, 11) is 0. The fourth-order valence-electron chi connectivity index (χ4n) is 3.48. The molecule has 0 aliphatic carbocycles. The molecule has 2 aliphatic rings. The largest absolute Gasteiger partial charge is 0.394 e. The predicted molar refractivity (Wildman–Crippen MR) is 103 cm³/mol. The number of ether oxygens (including phenoxy) is 1. The molecule has 0 aromatic heterocycles. The number of nitrogens with one attached hydrogen (secondary N) is 1. The number of aliphatic hydroxyl groups is 2. The number of hydrogen-bond acceptors (Lipinski definition) is 6. The van der Waals surface area contributed by atoms with E-state index in [9.17, 15) is 15.0 Å². The zero-order valence-corrected chi connectivity index (χ0v) is 15.3. The minimum atomic E-state index is -0.712. The Morgan fingerprint density at radius 2 is 1.79 bits per heavy atom. The lowest BCUT2D eigenvalue weighted by molar-refractivity contribution is -0.0688. The predicted octanol–water partition coefficient (Wildman–Crippen LogP) is 1.37. The molecule has 2 aliphatic heterocycles. The molecule has 1 unspecified atom stereocenters. The van der Waals surface area contributed by atoms with Gasteiger partial charge in [0.1, 0.15) is 19.0 Å². The van der Waals surface area contributed by atoms with Crippen LogP contribution in [0.15, 0.2) is 66.9 Å². The Kier molecular flexibility index (Phi) is 5.29. The summed E-state index contributed by atoms with van der Waals surface area (Å²) in [5.74, 6) is -0.204. The first kappa shape index (κ1) is 18.5. The van der Waals surface area contributed by atoms with E-state index in [2.05, 4.69) is 5.43 Å². The van der Waals surface area contributed by atoms with Gasteiger partial charge in [-0.2, -0.15) is 0 Å². The number of hydrazine groups is 1. The Bertz CT molecular complexity index is 843. The van der Waals surface area contributed by atoms with Crippen molar-refractivity contribution in [2.75, 3.05) is 13.3 Å². The van der Waals surface area contributed by atoms with E-state index >= 15 is 0 Å². The Hall–Kier alpha value is -2.87.